The van der Waals surface area contributed by atoms with Crippen LogP contribution >= 0.6 is 0 Å². The van der Waals surface area contributed by atoms with Crippen LogP contribution in [0, 0.1) is 0 Å². The van der Waals surface area contributed by atoms with E-state index in [9.17, 15) is 9.59 Å². The Hall–Kier alpha value is -5.07. The van der Waals surface area contributed by atoms with Crippen LogP contribution in [0.2, 0.25) is 0 Å². The molecule has 1 unspecified atom stereocenters. The largest absolute Gasteiger partial charge is 0.373 e. The topological polar surface area (TPSA) is 65.5 Å². The van der Waals surface area contributed by atoms with Crippen molar-refractivity contribution in [3.05, 3.63) is 161 Å². The number of hydrogen-bond donors (Lipinski definition) is 1. The van der Waals surface area contributed by atoms with Gasteiger partial charge in [-0.2, -0.15) is 0 Å². The van der Waals surface area contributed by atoms with Gasteiger partial charge in [-0.05, 0) is 65.9 Å². The lowest BCUT2D eigenvalue weighted by Gasteiger charge is -2.37. The Labute approximate surface area is 265 Å². The van der Waals surface area contributed by atoms with E-state index in [2.05, 4.69) is 117 Å². The van der Waals surface area contributed by atoms with Crippen LogP contribution in [-0.4, -0.2) is 47.3 Å². The maximum absolute atomic E-state index is 13.2. The van der Waals surface area contributed by atoms with E-state index in [-0.39, 0.29) is 0 Å². The van der Waals surface area contributed by atoms with Crippen molar-refractivity contribution in [1.29, 1.82) is 0 Å². The first kappa shape index (κ1) is 30.0. The van der Waals surface area contributed by atoms with Crippen molar-refractivity contribution in [2.24, 2.45) is 0 Å². The third-order valence-corrected chi connectivity index (χ3v) is 9.21. The molecule has 5 aromatic rings. The van der Waals surface area contributed by atoms with Crippen molar-refractivity contribution < 1.29 is 9.59 Å². The van der Waals surface area contributed by atoms with Crippen molar-refractivity contribution in [3.63, 3.8) is 0 Å². The fraction of sp³-hybridized carbons (Fsp3) is 0.205. The van der Waals surface area contributed by atoms with Gasteiger partial charge in [-0.3, -0.25) is 14.5 Å². The summed E-state index contributed by atoms with van der Waals surface area (Å²) < 4.78 is 0. The van der Waals surface area contributed by atoms with Gasteiger partial charge in [0, 0.05) is 31.0 Å². The summed E-state index contributed by atoms with van der Waals surface area (Å²) in [6, 6.07) is 43.7. The molecule has 0 spiro atoms. The first-order valence-corrected chi connectivity index (χ1v) is 15.3. The molecule has 0 amide bonds. The number of pyridine rings is 1. The van der Waals surface area contributed by atoms with Crippen molar-refractivity contribution >= 4 is 23.6 Å². The smallest absolute Gasteiger partial charge is 0.219 e. The first-order chi connectivity index (χ1) is 21.9. The molecule has 1 atom stereocenters. The van der Waals surface area contributed by atoms with Gasteiger partial charge in [0.05, 0.1) is 12.1 Å². The van der Waals surface area contributed by atoms with E-state index in [0.717, 1.165) is 39.3 Å². The number of nitrogens with one attached hydrogen (secondary N) is 1. The Kier molecular flexibility index (Phi) is 8.33. The fourth-order valence-corrected chi connectivity index (χ4v) is 6.95. The van der Waals surface area contributed by atoms with Crippen LogP contribution in [0.3, 0.4) is 0 Å². The fourth-order valence-electron chi connectivity index (χ4n) is 6.95. The van der Waals surface area contributed by atoms with E-state index in [0.29, 0.717) is 19.5 Å². The predicted octanol–water partition coefficient (Wildman–Crippen LogP) is 6.70. The van der Waals surface area contributed by atoms with Gasteiger partial charge < -0.3 is 10.2 Å². The van der Waals surface area contributed by atoms with Gasteiger partial charge in [-0.1, -0.05) is 103 Å². The van der Waals surface area contributed by atoms with E-state index in [1.54, 1.807) is 6.20 Å². The number of carbonyl (C=O) groups excluding carboxylic acids is 2. The minimum absolute atomic E-state index is 0.426. The van der Waals surface area contributed by atoms with Crippen LogP contribution in [0.25, 0.3) is 0 Å². The van der Waals surface area contributed by atoms with Gasteiger partial charge in [0.15, 0.2) is 6.29 Å². The van der Waals surface area contributed by atoms with Crippen LogP contribution in [0.5, 0.6) is 0 Å². The normalized spacial score (nSPS) is 16.3. The second kappa shape index (κ2) is 12.5. The maximum atomic E-state index is 13.2. The summed E-state index contributed by atoms with van der Waals surface area (Å²) >= 11 is 0. The highest BCUT2D eigenvalue weighted by Crippen LogP contribution is 2.46. The molecule has 1 aliphatic heterocycles. The Morgan fingerprint density at radius 1 is 0.822 bits per heavy atom. The molecule has 1 aliphatic rings. The highest BCUT2D eigenvalue weighted by molar-refractivity contribution is 6.28. The molecule has 1 N–H and O–H groups in total. The number of aromatic nitrogens is 1. The average Bonchev–Trinajstić information content (AvgIpc) is 3.35. The van der Waals surface area contributed by atoms with E-state index < -0.39 is 22.8 Å². The maximum Gasteiger partial charge on any atom is 0.219 e. The molecule has 0 aliphatic carbocycles. The molecular formula is C39H38N4O2. The molecule has 1 fully saturated rings. The number of hydrogen-bond acceptors (Lipinski definition) is 6. The zero-order valence-electron chi connectivity index (χ0n) is 25.9. The summed E-state index contributed by atoms with van der Waals surface area (Å²) in [7, 11) is 1.85. The zero-order chi connectivity index (χ0) is 31.4. The van der Waals surface area contributed by atoms with Crippen molar-refractivity contribution in [1.82, 2.24) is 9.88 Å². The van der Waals surface area contributed by atoms with Gasteiger partial charge in [-0.25, -0.2) is 4.98 Å². The van der Waals surface area contributed by atoms with Crippen molar-refractivity contribution in [2.45, 2.75) is 37.4 Å². The number of benzene rings is 4. The molecule has 6 rings (SSSR count). The number of nitrogens with zero attached hydrogens (tertiary/aromatic N) is 3. The molecule has 6 heteroatoms. The highest BCUT2D eigenvalue weighted by atomic mass is 16.2. The number of anilines is 2. The molecular weight excluding hydrogens is 556 g/mol. The van der Waals surface area contributed by atoms with Crippen LogP contribution in [0.4, 0.5) is 11.5 Å². The van der Waals surface area contributed by atoms with Crippen molar-refractivity contribution in [3.8, 4) is 0 Å². The lowest BCUT2D eigenvalue weighted by molar-refractivity contribution is -0.131. The second-order valence-corrected chi connectivity index (χ2v) is 12.1. The molecule has 6 nitrogen and oxygen atoms in total. The minimum Gasteiger partial charge on any atom is -0.373 e. The van der Waals surface area contributed by atoms with E-state index in [1.807, 2.05) is 51.2 Å². The molecule has 2 heterocycles. The molecule has 4 aromatic carbocycles. The van der Waals surface area contributed by atoms with Crippen LogP contribution < -0.4 is 10.2 Å². The molecule has 0 bridgehead atoms. The molecule has 0 saturated carbocycles. The van der Waals surface area contributed by atoms with E-state index in [1.165, 1.54) is 0 Å². The summed E-state index contributed by atoms with van der Waals surface area (Å²) in [4.78, 5) is 33.8. The molecule has 226 valence electrons. The lowest BCUT2D eigenvalue weighted by Crippen LogP contribution is -2.51. The Morgan fingerprint density at radius 2 is 1.33 bits per heavy atom. The minimum atomic E-state index is -0.631. The summed E-state index contributed by atoms with van der Waals surface area (Å²) in [6.45, 7) is 5.19. The number of carbonyl (C=O) groups is 2. The third kappa shape index (κ3) is 5.42. The summed E-state index contributed by atoms with van der Waals surface area (Å²) in [5.41, 5.74) is 5.41. The standard InChI is InChI=1S/C39H38N4O2/c1-38(2)37(35(45)27-44)43(28-42(38)26-29-23-24-41-36(25-29)40-3)34-21-19-33(20-22-34)39(30-13-7-4-8-14-30,31-15-9-5-10-16-31)32-17-11-6-12-18-32/h4-25,27,37H,26,28H2,1-3H3,(H,40,41). The summed E-state index contributed by atoms with van der Waals surface area (Å²) in [5.74, 6) is 0.362. The quantitative estimate of drug-likeness (QED) is 0.110. The molecule has 1 saturated heterocycles. The van der Waals surface area contributed by atoms with Gasteiger partial charge >= 0.3 is 0 Å². The second-order valence-electron chi connectivity index (χ2n) is 12.1. The Balaban J connectivity index is 1.44. The van der Waals surface area contributed by atoms with Crippen LogP contribution in [0.1, 0.15) is 41.7 Å². The van der Waals surface area contributed by atoms with Gasteiger partial charge in [-0.15, -0.1) is 0 Å². The van der Waals surface area contributed by atoms with E-state index >= 15 is 0 Å². The molecule has 45 heavy (non-hydrogen) atoms. The van der Waals surface area contributed by atoms with Crippen molar-refractivity contribution in [2.75, 3.05) is 23.9 Å². The highest BCUT2D eigenvalue weighted by Gasteiger charge is 2.50. The third-order valence-electron chi connectivity index (χ3n) is 9.21. The number of aldehydes is 1. The Morgan fingerprint density at radius 3 is 1.82 bits per heavy atom. The Bertz CT molecular complexity index is 1660. The summed E-state index contributed by atoms with van der Waals surface area (Å²) in [5, 5.41) is 3.10. The summed E-state index contributed by atoms with van der Waals surface area (Å²) in [6.07, 6.45) is 2.25. The first-order valence-electron chi connectivity index (χ1n) is 15.3. The molecule has 1 aromatic heterocycles. The number of ketones is 1. The molecule has 0 radical (unpaired) electrons. The van der Waals surface area contributed by atoms with Crippen LogP contribution in [0.15, 0.2) is 134 Å². The van der Waals surface area contributed by atoms with E-state index in [4.69, 9.17) is 0 Å². The SMILES string of the molecule is CNc1cc(CN2CN(c3ccc(C(c4ccccc4)(c4ccccc4)c4ccccc4)cc3)C(C(=O)C=O)C2(C)C)ccn1. The zero-order valence-corrected chi connectivity index (χ0v) is 25.9. The monoisotopic (exact) mass is 594 g/mol. The van der Waals surface area contributed by atoms with Gasteiger partial charge in [0.2, 0.25) is 5.78 Å². The lowest BCUT2D eigenvalue weighted by atomic mass is 9.65. The van der Waals surface area contributed by atoms with Crippen LogP contribution in [-0.2, 0) is 21.5 Å². The number of rotatable bonds is 10. The van der Waals surface area contributed by atoms with Gasteiger partial charge in [0.1, 0.15) is 11.9 Å². The average molecular weight is 595 g/mol. The number of Topliss-reactive ketones (excluding diaryl/α,β-unsaturated/α-hetero) is 1. The predicted molar refractivity (Wildman–Crippen MR) is 180 cm³/mol. The van der Waals surface area contributed by atoms with Gasteiger partial charge in [0.25, 0.3) is 0 Å².